The normalized spacial score (nSPS) is 15.7. The van der Waals surface area contributed by atoms with Gasteiger partial charge >= 0.3 is 0 Å². The molecule has 2 unspecified atom stereocenters. The molecule has 2 atom stereocenters. The van der Waals surface area contributed by atoms with E-state index in [1.807, 2.05) is 0 Å². The Morgan fingerprint density at radius 1 is 1.46 bits per heavy atom. The van der Waals surface area contributed by atoms with E-state index in [-0.39, 0.29) is 0 Å². The highest BCUT2D eigenvalue weighted by atomic mass is 32.1. The zero-order valence-corrected chi connectivity index (χ0v) is 9.40. The van der Waals surface area contributed by atoms with Crippen molar-refractivity contribution in [2.24, 2.45) is 5.73 Å². The van der Waals surface area contributed by atoms with Gasteiger partial charge in [-0.2, -0.15) is 0 Å². The zero-order chi connectivity index (χ0) is 9.84. The molecule has 1 aromatic rings. The van der Waals surface area contributed by atoms with Crippen molar-refractivity contribution in [3.63, 3.8) is 0 Å². The van der Waals surface area contributed by atoms with Crippen molar-refractivity contribution in [2.45, 2.75) is 39.0 Å². The second kappa shape index (κ2) is 4.72. The average Bonchev–Trinajstić information content (AvgIpc) is 2.64. The predicted molar refractivity (Wildman–Crippen MR) is 58.3 cm³/mol. The number of rotatable bonds is 4. The molecule has 0 aliphatic rings. The molecule has 0 amide bonds. The number of thiazole rings is 1. The number of hydrogen-bond acceptors (Lipinski definition) is 3. The molecule has 0 aliphatic heterocycles. The summed E-state index contributed by atoms with van der Waals surface area (Å²) in [5.74, 6) is 0.984. The van der Waals surface area contributed by atoms with Gasteiger partial charge in [-0.15, -0.1) is 11.3 Å². The Morgan fingerprint density at radius 2 is 2.15 bits per heavy atom. The van der Waals surface area contributed by atoms with Gasteiger partial charge in [-0.25, -0.2) is 4.98 Å². The maximum Gasteiger partial charge on any atom is 0.0969 e. The summed E-state index contributed by atoms with van der Waals surface area (Å²) < 4.78 is 0. The first-order valence-electron chi connectivity index (χ1n) is 4.84. The van der Waals surface area contributed by atoms with Crippen LogP contribution in [0.15, 0.2) is 5.38 Å². The van der Waals surface area contributed by atoms with E-state index >= 15 is 0 Å². The summed E-state index contributed by atoms with van der Waals surface area (Å²) in [6.45, 7) is 7.22. The van der Waals surface area contributed by atoms with E-state index in [1.165, 1.54) is 10.7 Å². The van der Waals surface area contributed by atoms with Gasteiger partial charge < -0.3 is 5.73 Å². The van der Waals surface area contributed by atoms with Gasteiger partial charge in [-0.3, -0.25) is 0 Å². The fourth-order valence-electron chi connectivity index (χ4n) is 1.06. The first kappa shape index (κ1) is 10.7. The van der Waals surface area contributed by atoms with E-state index in [1.54, 1.807) is 11.3 Å². The molecule has 1 rings (SSSR count). The summed E-state index contributed by atoms with van der Waals surface area (Å²) in [6.07, 6.45) is 1.15. The topological polar surface area (TPSA) is 38.9 Å². The molecule has 0 saturated carbocycles. The Labute approximate surface area is 84.2 Å². The van der Waals surface area contributed by atoms with Crippen molar-refractivity contribution < 1.29 is 0 Å². The smallest absolute Gasteiger partial charge is 0.0969 e. The summed E-state index contributed by atoms with van der Waals surface area (Å²) in [5.41, 5.74) is 6.81. The van der Waals surface area contributed by atoms with Crippen LogP contribution in [0, 0.1) is 0 Å². The van der Waals surface area contributed by atoms with Crippen molar-refractivity contribution in [3.05, 3.63) is 16.1 Å². The third kappa shape index (κ3) is 2.51. The van der Waals surface area contributed by atoms with E-state index in [4.69, 9.17) is 5.73 Å². The lowest BCUT2D eigenvalue weighted by Crippen LogP contribution is -2.08. The monoisotopic (exact) mass is 198 g/mol. The van der Waals surface area contributed by atoms with E-state index in [9.17, 15) is 0 Å². The number of hydrogen-bond donors (Lipinski definition) is 1. The standard InChI is InChI=1S/C10H18N2S/c1-4-7(2)9-6-13-10(12-9)8(3)5-11/h6-8H,4-5,11H2,1-3H3. The second-order valence-electron chi connectivity index (χ2n) is 3.56. The molecule has 0 bridgehead atoms. The minimum Gasteiger partial charge on any atom is -0.330 e. The van der Waals surface area contributed by atoms with Gasteiger partial charge in [0.1, 0.15) is 0 Å². The molecule has 3 heteroatoms. The van der Waals surface area contributed by atoms with Crippen LogP contribution in [0.3, 0.4) is 0 Å². The molecule has 13 heavy (non-hydrogen) atoms. The van der Waals surface area contributed by atoms with Gasteiger partial charge in [-0.1, -0.05) is 20.8 Å². The lowest BCUT2D eigenvalue weighted by molar-refractivity contribution is 0.696. The van der Waals surface area contributed by atoms with Crippen LogP contribution in [0.25, 0.3) is 0 Å². The molecular formula is C10H18N2S. The molecule has 0 saturated heterocycles. The van der Waals surface area contributed by atoms with Crippen LogP contribution >= 0.6 is 11.3 Å². The maximum atomic E-state index is 5.59. The summed E-state index contributed by atoms with van der Waals surface area (Å²) in [7, 11) is 0. The number of nitrogens with two attached hydrogens (primary N) is 1. The number of aromatic nitrogens is 1. The van der Waals surface area contributed by atoms with Crippen LogP contribution < -0.4 is 5.73 Å². The van der Waals surface area contributed by atoms with E-state index in [2.05, 4.69) is 31.1 Å². The highest BCUT2D eigenvalue weighted by molar-refractivity contribution is 7.09. The van der Waals surface area contributed by atoms with Crippen LogP contribution in [0.4, 0.5) is 0 Å². The van der Waals surface area contributed by atoms with Gasteiger partial charge in [0.2, 0.25) is 0 Å². The number of nitrogens with zero attached hydrogens (tertiary/aromatic N) is 1. The van der Waals surface area contributed by atoms with Crippen LogP contribution in [0.1, 0.15) is 49.7 Å². The Kier molecular flexibility index (Phi) is 3.88. The van der Waals surface area contributed by atoms with Gasteiger partial charge in [-0.05, 0) is 12.3 Å². The molecule has 2 N–H and O–H groups in total. The van der Waals surface area contributed by atoms with Crippen molar-refractivity contribution in [1.82, 2.24) is 4.98 Å². The molecule has 0 spiro atoms. The zero-order valence-electron chi connectivity index (χ0n) is 8.58. The van der Waals surface area contributed by atoms with Gasteiger partial charge in [0.15, 0.2) is 0 Å². The Morgan fingerprint density at radius 3 is 2.69 bits per heavy atom. The van der Waals surface area contributed by atoms with Gasteiger partial charge in [0, 0.05) is 17.8 Å². The fourth-order valence-corrected chi connectivity index (χ4v) is 2.08. The van der Waals surface area contributed by atoms with E-state index in [0.29, 0.717) is 18.4 Å². The maximum absolute atomic E-state index is 5.59. The Balaban J connectivity index is 2.74. The van der Waals surface area contributed by atoms with Crippen molar-refractivity contribution in [1.29, 1.82) is 0 Å². The molecule has 0 aliphatic carbocycles. The minimum absolute atomic E-state index is 0.405. The third-order valence-corrected chi connectivity index (χ3v) is 3.53. The highest BCUT2D eigenvalue weighted by Gasteiger charge is 2.11. The lowest BCUT2D eigenvalue weighted by Gasteiger charge is -2.04. The van der Waals surface area contributed by atoms with Crippen LogP contribution in [-0.2, 0) is 0 Å². The van der Waals surface area contributed by atoms with Crippen molar-refractivity contribution in [3.8, 4) is 0 Å². The fraction of sp³-hybridized carbons (Fsp3) is 0.700. The lowest BCUT2D eigenvalue weighted by atomic mass is 10.1. The van der Waals surface area contributed by atoms with Gasteiger partial charge in [0.05, 0.1) is 10.7 Å². The Hall–Kier alpha value is -0.410. The van der Waals surface area contributed by atoms with Crippen LogP contribution in [-0.4, -0.2) is 11.5 Å². The Bertz CT molecular complexity index is 233. The molecule has 0 fully saturated rings. The molecule has 1 heterocycles. The third-order valence-electron chi connectivity index (χ3n) is 2.43. The quantitative estimate of drug-likeness (QED) is 0.808. The van der Waals surface area contributed by atoms with Crippen molar-refractivity contribution in [2.75, 3.05) is 6.54 Å². The molecule has 1 aromatic heterocycles. The molecule has 74 valence electrons. The molecule has 0 radical (unpaired) electrons. The van der Waals surface area contributed by atoms with E-state index < -0.39 is 0 Å². The highest BCUT2D eigenvalue weighted by Crippen LogP contribution is 2.24. The first-order chi connectivity index (χ1) is 6.19. The molecule has 0 aromatic carbocycles. The van der Waals surface area contributed by atoms with Crippen LogP contribution in [0.5, 0.6) is 0 Å². The summed E-state index contributed by atoms with van der Waals surface area (Å²) in [6, 6.07) is 0. The predicted octanol–water partition coefficient (Wildman–Crippen LogP) is 2.72. The average molecular weight is 198 g/mol. The SMILES string of the molecule is CCC(C)c1csc(C(C)CN)n1. The molecular weight excluding hydrogens is 180 g/mol. The minimum atomic E-state index is 0.405. The first-order valence-corrected chi connectivity index (χ1v) is 5.72. The van der Waals surface area contributed by atoms with E-state index in [0.717, 1.165) is 6.42 Å². The summed E-state index contributed by atoms with van der Waals surface area (Å²) in [4.78, 5) is 4.59. The van der Waals surface area contributed by atoms with Gasteiger partial charge in [0.25, 0.3) is 0 Å². The van der Waals surface area contributed by atoms with Crippen molar-refractivity contribution >= 4 is 11.3 Å². The second-order valence-corrected chi connectivity index (χ2v) is 4.45. The summed E-state index contributed by atoms with van der Waals surface area (Å²) in [5, 5.41) is 3.34. The summed E-state index contributed by atoms with van der Waals surface area (Å²) >= 11 is 1.73. The largest absolute Gasteiger partial charge is 0.330 e. The molecule has 2 nitrogen and oxygen atoms in total. The van der Waals surface area contributed by atoms with Crippen LogP contribution in [0.2, 0.25) is 0 Å².